The van der Waals surface area contributed by atoms with Crippen LogP contribution in [0.2, 0.25) is 0 Å². The maximum absolute atomic E-state index is 14.7. The van der Waals surface area contributed by atoms with E-state index in [2.05, 4.69) is 10.5 Å². The number of rotatable bonds is 5. The molecule has 0 aromatic carbocycles. The summed E-state index contributed by atoms with van der Waals surface area (Å²) in [6.45, 7) is 2.53. The van der Waals surface area contributed by atoms with Crippen LogP contribution in [-0.2, 0) is 4.79 Å². The van der Waals surface area contributed by atoms with E-state index in [-0.39, 0.29) is 31.0 Å². The highest BCUT2D eigenvalue weighted by Gasteiger charge is 2.36. The third-order valence-electron chi connectivity index (χ3n) is 4.62. The van der Waals surface area contributed by atoms with Gasteiger partial charge in [-0.15, -0.1) is 0 Å². The Kier molecular flexibility index (Phi) is 4.37. The number of likely N-dealkylation sites (tertiary alicyclic amines) is 1. The molecule has 1 aromatic heterocycles. The van der Waals surface area contributed by atoms with E-state index < -0.39 is 11.6 Å². The molecule has 1 saturated heterocycles. The molecule has 2 aliphatic rings. The van der Waals surface area contributed by atoms with Gasteiger partial charge in [0.1, 0.15) is 11.4 Å². The molecule has 126 valence electrons. The minimum Gasteiger partial charge on any atom is -0.360 e. The standard InChI is InChI=1S/C16H22FN3O3/c1-2-14(21)20-7-5-16(17,6-8-20)10-18-15(22)12-9-13(23-19-12)11-3-4-11/h9,11H,2-8,10H2,1H3,(H,18,22). The molecule has 0 unspecified atom stereocenters. The van der Waals surface area contributed by atoms with Crippen LogP contribution in [0.4, 0.5) is 4.39 Å². The average Bonchev–Trinajstić information content (AvgIpc) is 3.30. The third kappa shape index (κ3) is 3.71. The van der Waals surface area contributed by atoms with Gasteiger partial charge in [-0.05, 0) is 12.8 Å². The number of aromatic nitrogens is 1. The SMILES string of the molecule is CCC(=O)N1CCC(F)(CNC(=O)c2cc(C3CC3)on2)CC1. The maximum atomic E-state index is 14.7. The first-order chi connectivity index (χ1) is 11.0. The minimum atomic E-state index is -1.47. The summed E-state index contributed by atoms with van der Waals surface area (Å²) in [5, 5.41) is 6.35. The number of carbonyl (C=O) groups excluding carboxylic acids is 2. The van der Waals surface area contributed by atoms with Crippen LogP contribution in [0.5, 0.6) is 0 Å². The smallest absolute Gasteiger partial charge is 0.273 e. The Bertz CT molecular complexity index is 589. The second kappa shape index (κ2) is 6.29. The summed E-state index contributed by atoms with van der Waals surface area (Å²) >= 11 is 0. The topological polar surface area (TPSA) is 75.4 Å². The number of piperidine rings is 1. The predicted molar refractivity (Wildman–Crippen MR) is 80.8 cm³/mol. The molecule has 1 aliphatic carbocycles. The largest absolute Gasteiger partial charge is 0.360 e. The molecule has 2 amide bonds. The Labute approximate surface area is 134 Å². The molecule has 2 heterocycles. The number of nitrogens with one attached hydrogen (secondary N) is 1. The fraction of sp³-hybridized carbons (Fsp3) is 0.688. The molecular weight excluding hydrogens is 301 g/mol. The number of carbonyl (C=O) groups is 2. The number of hydrogen-bond donors (Lipinski definition) is 1. The maximum Gasteiger partial charge on any atom is 0.273 e. The van der Waals surface area contributed by atoms with Crippen LogP contribution in [-0.4, -0.2) is 47.2 Å². The summed E-state index contributed by atoms with van der Waals surface area (Å²) in [6.07, 6.45) is 3.05. The van der Waals surface area contributed by atoms with Gasteiger partial charge in [0.15, 0.2) is 5.69 Å². The van der Waals surface area contributed by atoms with Crippen LogP contribution in [0.1, 0.15) is 61.2 Å². The number of amides is 2. The first-order valence-corrected chi connectivity index (χ1v) is 8.22. The second-order valence-corrected chi connectivity index (χ2v) is 6.46. The van der Waals surface area contributed by atoms with E-state index in [1.54, 1.807) is 17.9 Å². The fourth-order valence-corrected chi connectivity index (χ4v) is 2.84. The van der Waals surface area contributed by atoms with Gasteiger partial charge in [0.25, 0.3) is 5.91 Å². The minimum absolute atomic E-state index is 0.0475. The normalized spacial score (nSPS) is 20.3. The molecule has 1 N–H and O–H groups in total. The molecule has 0 atom stereocenters. The van der Waals surface area contributed by atoms with Crippen LogP contribution in [0.15, 0.2) is 10.6 Å². The van der Waals surface area contributed by atoms with Crippen molar-refractivity contribution in [3.05, 3.63) is 17.5 Å². The van der Waals surface area contributed by atoms with Crippen LogP contribution in [0.3, 0.4) is 0 Å². The van der Waals surface area contributed by atoms with Crippen molar-refractivity contribution in [3.63, 3.8) is 0 Å². The Hall–Kier alpha value is -1.92. The first-order valence-electron chi connectivity index (χ1n) is 8.22. The molecule has 3 rings (SSSR count). The Balaban J connectivity index is 1.49. The molecule has 1 saturated carbocycles. The lowest BCUT2D eigenvalue weighted by Crippen LogP contribution is -2.49. The van der Waals surface area contributed by atoms with Gasteiger partial charge in [0.05, 0.1) is 6.54 Å². The average molecular weight is 323 g/mol. The highest BCUT2D eigenvalue weighted by molar-refractivity contribution is 5.92. The number of halogens is 1. The van der Waals surface area contributed by atoms with Crippen molar-refractivity contribution < 1.29 is 18.5 Å². The molecule has 7 heteroatoms. The molecule has 0 bridgehead atoms. The molecule has 23 heavy (non-hydrogen) atoms. The first kappa shape index (κ1) is 16.0. The van der Waals surface area contributed by atoms with Gasteiger partial charge in [0.2, 0.25) is 5.91 Å². The van der Waals surface area contributed by atoms with Crippen molar-refractivity contribution in [2.75, 3.05) is 19.6 Å². The van der Waals surface area contributed by atoms with Crippen LogP contribution < -0.4 is 5.32 Å². The summed E-state index contributed by atoms with van der Waals surface area (Å²) in [4.78, 5) is 25.3. The van der Waals surface area contributed by atoms with E-state index in [9.17, 15) is 14.0 Å². The molecule has 1 aliphatic heterocycles. The van der Waals surface area contributed by atoms with Crippen molar-refractivity contribution in [1.82, 2.24) is 15.4 Å². The zero-order valence-electron chi connectivity index (χ0n) is 13.3. The van der Waals surface area contributed by atoms with Crippen molar-refractivity contribution >= 4 is 11.8 Å². The number of hydrogen-bond acceptors (Lipinski definition) is 4. The summed E-state index contributed by atoms with van der Waals surface area (Å²) < 4.78 is 19.9. The lowest BCUT2D eigenvalue weighted by Gasteiger charge is -2.36. The zero-order valence-corrected chi connectivity index (χ0v) is 13.3. The van der Waals surface area contributed by atoms with Gasteiger partial charge in [-0.25, -0.2) is 4.39 Å². The van der Waals surface area contributed by atoms with E-state index in [1.165, 1.54) is 0 Å². The molecular formula is C16H22FN3O3. The van der Waals surface area contributed by atoms with Crippen molar-refractivity contribution in [2.45, 2.75) is 50.6 Å². The van der Waals surface area contributed by atoms with Crippen LogP contribution >= 0.6 is 0 Å². The Morgan fingerprint density at radius 3 is 2.74 bits per heavy atom. The zero-order chi connectivity index (χ0) is 16.4. The lowest BCUT2D eigenvalue weighted by atomic mass is 9.93. The van der Waals surface area contributed by atoms with E-state index in [0.717, 1.165) is 18.6 Å². The van der Waals surface area contributed by atoms with Gasteiger partial charge in [-0.3, -0.25) is 9.59 Å². The van der Waals surface area contributed by atoms with E-state index >= 15 is 0 Å². The highest BCUT2D eigenvalue weighted by atomic mass is 19.1. The third-order valence-corrected chi connectivity index (χ3v) is 4.62. The van der Waals surface area contributed by atoms with Crippen molar-refractivity contribution in [3.8, 4) is 0 Å². The molecule has 1 aromatic rings. The summed E-state index contributed by atoms with van der Waals surface area (Å²) in [7, 11) is 0. The second-order valence-electron chi connectivity index (χ2n) is 6.46. The monoisotopic (exact) mass is 323 g/mol. The molecule has 6 nitrogen and oxygen atoms in total. The van der Waals surface area contributed by atoms with Crippen molar-refractivity contribution in [1.29, 1.82) is 0 Å². The summed E-state index contributed by atoms with van der Waals surface area (Å²) in [5.74, 6) is 0.754. The van der Waals surface area contributed by atoms with E-state index in [4.69, 9.17) is 4.52 Å². The Morgan fingerprint density at radius 2 is 2.13 bits per heavy atom. The summed E-state index contributed by atoms with van der Waals surface area (Å²) in [6, 6.07) is 1.64. The number of alkyl halides is 1. The van der Waals surface area contributed by atoms with Gasteiger partial charge in [-0.2, -0.15) is 0 Å². The van der Waals surface area contributed by atoms with Gasteiger partial charge in [0, 0.05) is 44.3 Å². The highest BCUT2D eigenvalue weighted by Crippen LogP contribution is 2.40. The quantitative estimate of drug-likeness (QED) is 0.899. The molecule has 0 radical (unpaired) electrons. The fourth-order valence-electron chi connectivity index (χ4n) is 2.84. The summed E-state index contributed by atoms with van der Waals surface area (Å²) in [5.41, 5.74) is -1.27. The van der Waals surface area contributed by atoms with Crippen molar-refractivity contribution in [2.24, 2.45) is 0 Å². The van der Waals surface area contributed by atoms with Gasteiger partial charge >= 0.3 is 0 Å². The van der Waals surface area contributed by atoms with Crippen LogP contribution in [0.25, 0.3) is 0 Å². The van der Waals surface area contributed by atoms with E-state index in [1.807, 2.05) is 0 Å². The van der Waals surface area contributed by atoms with Crippen LogP contribution in [0, 0.1) is 0 Å². The molecule has 0 spiro atoms. The van der Waals surface area contributed by atoms with Gasteiger partial charge < -0.3 is 14.7 Å². The van der Waals surface area contributed by atoms with E-state index in [0.29, 0.717) is 25.4 Å². The molecule has 2 fully saturated rings. The predicted octanol–water partition coefficient (Wildman–Crippen LogP) is 2.02. The number of nitrogens with zero attached hydrogens (tertiary/aromatic N) is 2. The Morgan fingerprint density at radius 1 is 1.43 bits per heavy atom. The lowest BCUT2D eigenvalue weighted by molar-refractivity contribution is -0.133. The van der Waals surface area contributed by atoms with Gasteiger partial charge in [-0.1, -0.05) is 12.1 Å².